The lowest BCUT2D eigenvalue weighted by Gasteiger charge is -2.28. The molecule has 1 atom stereocenters. The summed E-state index contributed by atoms with van der Waals surface area (Å²) in [4.78, 5) is 0. The second-order valence-electron chi connectivity index (χ2n) is 6.13. The number of alkyl halides is 3. The summed E-state index contributed by atoms with van der Waals surface area (Å²) in [6.07, 6.45) is -2.97. The van der Waals surface area contributed by atoms with Crippen LogP contribution >= 0.6 is 0 Å². The van der Waals surface area contributed by atoms with E-state index >= 15 is 0 Å². The number of halogens is 3. The first kappa shape index (κ1) is 15.8. The van der Waals surface area contributed by atoms with Gasteiger partial charge in [-0.1, -0.05) is 30.3 Å². The lowest BCUT2D eigenvalue weighted by atomic mass is 9.97. The second-order valence-corrected chi connectivity index (χ2v) is 6.13. The van der Waals surface area contributed by atoms with Crippen LogP contribution in [0.2, 0.25) is 0 Å². The minimum absolute atomic E-state index is 0.259. The second kappa shape index (κ2) is 5.99. The van der Waals surface area contributed by atoms with E-state index in [0.29, 0.717) is 5.69 Å². The van der Waals surface area contributed by atoms with Gasteiger partial charge in [-0.25, -0.2) is 0 Å². The van der Waals surface area contributed by atoms with Crippen LogP contribution < -0.4 is 10.1 Å². The summed E-state index contributed by atoms with van der Waals surface area (Å²) in [6, 6.07) is 17.2. The number of nitrogens with one attached hydrogen (secondary N) is 1. The molecule has 0 radical (unpaired) electrons. The van der Waals surface area contributed by atoms with Crippen LogP contribution in [0, 0.1) is 0 Å². The van der Waals surface area contributed by atoms with E-state index in [1.807, 2.05) is 24.3 Å². The van der Waals surface area contributed by atoms with E-state index in [2.05, 4.69) is 17.4 Å². The van der Waals surface area contributed by atoms with E-state index in [9.17, 15) is 13.2 Å². The molecule has 1 unspecified atom stereocenters. The molecule has 2 nitrogen and oxygen atoms in total. The molecule has 4 rings (SSSR count). The maximum absolute atomic E-state index is 12.6. The first-order valence-corrected chi connectivity index (χ1v) is 8.12. The maximum Gasteiger partial charge on any atom is 0.416 e. The number of fused-ring (bicyclic) bond motifs is 3. The van der Waals surface area contributed by atoms with Gasteiger partial charge >= 0.3 is 6.18 Å². The van der Waals surface area contributed by atoms with Gasteiger partial charge in [0.15, 0.2) is 6.23 Å². The minimum atomic E-state index is -4.32. The Morgan fingerprint density at radius 2 is 1.68 bits per heavy atom. The topological polar surface area (TPSA) is 21.3 Å². The van der Waals surface area contributed by atoms with Crippen molar-refractivity contribution in [3.05, 3.63) is 71.8 Å². The van der Waals surface area contributed by atoms with Crippen molar-refractivity contribution >= 4 is 16.5 Å². The summed E-state index contributed by atoms with van der Waals surface area (Å²) in [7, 11) is 0. The van der Waals surface area contributed by atoms with Gasteiger partial charge in [0.05, 0.1) is 5.56 Å². The first-order chi connectivity index (χ1) is 12.0. The van der Waals surface area contributed by atoms with Gasteiger partial charge in [0.1, 0.15) is 5.75 Å². The SMILES string of the molecule is FC(F)(F)c1ccc(NC2CCc3c(ccc4ccccc34)O2)cc1. The van der Waals surface area contributed by atoms with Gasteiger partial charge in [-0.3, -0.25) is 0 Å². The molecule has 3 aromatic rings. The maximum atomic E-state index is 12.6. The van der Waals surface area contributed by atoms with Gasteiger partial charge in [-0.2, -0.15) is 13.2 Å². The van der Waals surface area contributed by atoms with Crippen molar-refractivity contribution < 1.29 is 17.9 Å². The number of rotatable bonds is 2. The molecule has 5 heteroatoms. The van der Waals surface area contributed by atoms with Crippen molar-refractivity contribution in [3.8, 4) is 5.75 Å². The van der Waals surface area contributed by atoms with Crippen LogP contribution in [0.15, 0.2) is 60.7 Å². The van der Waals surface area contributed by atoms with Gasteiger partial charge in [0.2, 0.25) is 0 Å². The van der Waals surface area contributed by atoms with Gasteiger partial charge in [-0.05, 0) is 47.5 Å². The molecular formula is C20H16F3NO. The van der Waals surface area contributed by atoms with E-state index in [1.54, 1.807) is 0 Å². The lowest BCUT2D eigenvalue weighted by molar-refractivity contribution is -0.137. The summed E-state index contributed by atoms with van der Waals surface area (Å²) in [6.45, 7) is 0. The van der Waals surface area contributed by atoms with Crippen molar-refractivity contribution in [1.82, 2.24) is 0 Å². The molecule has 1 heterocycles. The van der Waals surface area contributed by atoms with Crippen LogP contribution in [0.1, 0.15) is 17.5 Å². The zero-order valence-electron chi connectivity index (χ0n) is 13.3. The normalized spacial score (nSPS) is 17.0. The molecule has 128 valence electrons. The number of ether oxygens (including phenoxy) is 1. The van der Waals surface area contributed by atoms with Crippen LogP contribution in [0.4, 0.5) is 18.9 Å². The predicted octanol–water partition coefficient (Wildman–Crippen LogP) is 5.62. The molecule has 1 aliphatic rings. The molecule has 1 N–H and O–H groups in total. The molecule has 0 aromatic heterocycles. The Morgan fingerprint density at radius 1 is 0.920 bits per heavy atom. The molecule has 0 saturated carbocycles. The molecule has 0 fully saturated rings. The molecule has 1 aliphatic heterocycles. The standard InChI is InChI=1S/C20H16F3NO/c21-20(22,23)14-6-8-15(9-7-14)24-19-12-10-17-16-4-2-1-3-13(16)5-11-18(17)25-19/h1-9,11,19,24H,10,12H2. The quantitative estimate of drug-likeness (QED) is 0.652. The average molecular weight is 343 g/mol. The first-order valence-electron chi connectivity index (χ1n) is 8.12. The fraction of sp³-hybridized carbons (Fsp3) is 0.200. The van der Waals surface area contributed by atoms with Crippen molar-refractivity contribution in [3.63, 3.8) is 0 Å². The lowest BCUT2D eigenvalue weighted by Crippen LogP contribution is -2.30. The summed E-state index contributed by atoms with van der Waals surface area (Å²) >= 11 is 0. The van der Waals surface area contributed by atoms with Crippen molar-refractivity contribution in [2.45, 2.75) is 25.2 Å². The number of aryl methyl sites for hydroxylation is 1. The number of hydrogen-bond donors (Lipinski definition) is 1. The minimum Gasteiger partial charge on any atom is -0.470 e. The third-order valence-electron chi connectivity index (χ3n) is 4.46. The van der Waals surface area contributed by atoms with Crippen LogP contribution in [-0.2, 0) is 12.6 Å². The van der Waals surface area contributed by atoms with E-state index < -0.39 is 11.7 Å². The molecule has 0 saturated heterocycles. The van der Waals surface area contributed by atoms with Crippen LogP contribution in [0.3, 0.4) is 0 Å². The van der Waals surface area contributed by atoms with Crippen LogP contribution in [0.25, 0.3) is 10.8 Å². The third-order valence-corrected chi connectivity index (χ3v) is 4.46. The Labute approximate surface area is 143 Å². The largest absolute Gasteiger partial charge is 0.470 e. The van der Waals surface area contributed by atoms with Gasteiger partial charge in [0.25, 0.3) is 0 Å². The molecule has 0 amide bonds. The van der Waals surface area contributed by atoms with E-state index in [0.717, 1.165) is 30.7 Å². The van der Waals surface area contributed by atoms with Gasteiger partial charge in [-0.15, -0.1) is 0 Å². The monoisotopic (exact) mass is 343 g/mol. The molecule has 0 aliphatic carbocycles. The van der Waals surface area contributed by atoms with Crippen molar-refractivity contribution in [2.75, 3.05) is 5.32 Å². The van der Waals surface area contributed by atoms with E-state index in [4.69, 9.17) is 4.74 Å². The number of benzene rings is 3. The van der Waals surface area contributed by atoms with E-state index in [-0.39, 0.29) is 6.23 Å². The highest BCUT2D eigenvalue weighted by Crippen LogP contribution is 2.34. The van der Waals surface area contributed by atoms with Gasteiger partial charge < -0.3 is 10.1 Å². The van der Waals surface area contributed by atoms with E-state index in [1.165, 1.54) is 28.5 Å². The molecule has 0 bridgehead atoms. The van der Waals surface area contributed by atoms with Crippen LogP contribution in [0.5, 0.6) is 5.75 Å². The zero-order chi connectivity index (χ0) is 17.4. The number of anilines is 1. The Morgan fingerprint density at radius 3 is 2.44 bits per heavy atom. The smallest absolute Gasteiger partial charge is 0.416 e. The molecule has 25 heavy (non-hydrogen) atoms. The van der Waals surface area contributed by atoms with Gasteiger partial charge in [0, 0.05) is 17.7 Å². The summed E-state index contributed by atoms with van der Waals surface area (Å²) in [5, 5.41) is 5.53. The fourth-order valence-electron chi connectivity index (χ4n) is 3.21. The van der Waals surface area contributed by atoms with Crippen molar-refractivity contribution in [1.29, 1.82) is 0 Å². The highest BCUT2D eigenvalue weighted by atomic mass is 19.4. The Bertz CT molecular complexity index is 903. The Kier molecular flexibility index (Phi) is 3.79. The number of hydrogen-bond acceptors (Lipinski definition) is 2. The summed E-state index contributed by atoms with van der Waals surface area (Å²) < 4.78 is 43.9. The summed E-state index contributed by atoms with van der Waals surface area (Å²) in [5.41, 5.74) is 1.14. The Balaban J connectivity index is 1.52. The predicted molar refractivity (Wildman–Crippen MR) is 91.8 cm³/mol. The molecular weight excluding hydrogens is 327 g/mol. The zero-order valence-corrected chi connectivity index (χ0v) is 13.3. The molecule has 0 spiro atoms. The average Bonchev–Trinajstić information content (AvgIpc) is 2.61. The Hall–Kier alpha value is -2.69. The van der Waals surface area contributed by atoms with Crippen molar-refractivity contribution in [2.24, 2.45) is 0 Å². The molecule has 3 aromatic carbocycles. The van der Waals surface area contributed by atoms with Crippen LogP contribution in [-0.4, -0.2) is 6.23 Å². The highest BCUT2D eigenvalue weighted by molar-refractivity contribution is 5.88. The fourth-order valence-corrected chi connectivity index (χ4v) is 3.21. The summed E-state index contributed by atoms with van der Waals surface area (Å²) in [5.74, 6) is 0.828. The highest BCUT2D eigenvalue weighted by Gasteiger charge is 2.30. The third kappa shape index (κ3) is 3.14.